The molecule has 1 N–H and O–H groups in total. The summed E-state index contributed by atoms with van der Waals surface area (Å²) in [5.41, 5.74) is 2.59. The summed E-state index contributed by atoms with van der Waals surface area (Å²) in [7, 11) is 0. The Balaban J connectivity index is 1.88. The van der Waals surface area contributed by atoms with Crippen molar-refractivity contribution in [3.8, 4) is 0 Å². The largest absolute Gasteiger partial charge is 0.378 e. The van der Waals surface area contributed by atoms with E-state index in [0.29, 0.717) is 26.3 Å². The van der Waals surface area contributed by atoms with E-state index in [1.165, 1.54) is 0 Å². The first-order valence-electron chi connectivity index (χ1n) is 6.74. The number of urea groups is 1. The highest BCUT2D eigenvalue weighted by molar-refractivity contribution is 6.00. The maximum atomic E-state index is 12.3. The summed E-state index contributed by atoms with van der Waals surface area (Å²) in [5.74, 6) is 0. The lowest BCUT2D eigenvalue weighted by molar-refractivity contribution is 0.0565. The molecule has 2 aromatic rings. The number of carbonyl (C=O) groups excluding carboxylic acids is 1. The average molecular weight is 271 g/mol. The molecule has 5 nitrogen and oxygen atoms in total. The molecule has 104 valence electrons. The van der Waals surface area contributed by atoms with Crippen LogP contribution in [0.3, 0.4) is 0 Å². The van der Waals surface area contributed by atoms with Crippen molar-refractivity contribution < 1.29 is 9.53 Å². The molecule has 2 amide bonds. The number of anilines is 1. The van der Waals surface area contributed by atoms with Crippen LogP contribution in [-0.2, 0) is 4.74 Å². The van der Waals surface area contributed by atoms with Crippen molar-refractivity contribution in [2.24, 2.45) is 0 Å². The van der Waals surface area contributed by atoms with Gasteiger partial charge in [0.05, 0.1) is 24.4 Å². The van der Waals surface area contributed by atoms with Gasteiger partial charge in [0, 0.05) is 24.2 Å². The maximum absolute atomic E-state index is 12.3. The smallest absolute Gasteiger partial charge is 0.322 e. The molecular weight excluding hydrogens is 254 g/mol. The summed E-state index contributed by atoms with van der Waals surface area (Å²) < 4.78 is 5.26. The second-order valence-corrected chi connectivity index (χ2v) is 4.86. The Bertz CT molecular complexity index is 636. The molecule has 3 rings (SSSR count). The first kappa shape index (κ1) is 12.9. The Kier molecular flexibility index (Phi) is 3.52. The third-order valence-corrected chi connectivity index (χ3v) is 3.38. The van der Waals surface area contributed by atoms with E-state index in [0.717, 1.165) is 22.3 Å². The lowest BCUT2D eigenvalue weighted by Crippen LogP contribution is -2.43. The van der Waals surface area contributed by atoms with Gasteiger partial charge in [0.25, 0.3) is 0 Å². The molecule has 0 radical (unpaired) electrons. The lowest BCUT2D eigenvalue weighted by atomic mass is 10.1. The second-order valence-electron chi connectivity index (χ2n) is 4.86. The summed E-state index contributed by atoms with van der Waals surface area (Å²) in [6, 6.07) is 9.64. The van der Waals surface area contributed by atoms with Crippen LogP contribution in [0.1, 0.15) is 5.69 Å². The number of rotatable bonds is 1. The fraction of sp³-hybridized carbons (Fsp3) is 0.333. The van der Waals surface area contributed by atoms with Crippen LogP contribution in [0.15, 0.2) is 30.3 Å². The van der Waals surface area contributed by atoms with Crippen LogP contribution in [0.25, 0.3) is 10.9 Å². The molecule has 1 aromatic heterocycles. The van der Waals surface area contributed by atoms with Crippen molar-refractivity contribution in [1.29, 1.82) is 0 Å². The van der Waals surface area contributed by atoms with E-state index < -0.39 is 0 Å². The standard InChI is InChI=1S/C15H17N3O2/c1-11-10-14(12-4-2-3-5-13(12)16-11)17-15(19)18-6-8-20-9-7-18/h2-5,10H,6-9H2,1H3,(H,16,17,19). The zero-order valence-electron chi connectivity index (χ0n) is 11.4. The number of hydrogen-bond acceptors (Lipinski definition) is 3. The third kappa shape index (κ3) is 2.58. The van der Waals surface area contributed by atoms with Gasteiger partial charge < -0.3 is 15.0 Å². The lowest BCUT2D eigenvalue weighted by Gasteiger charge is -2.27. The van der Waals surface area contributed by atoms with Crippen LogP contribution in [0.5, 0.6) is 0 Å². The Morgan fingerprint density at radius 3 is 2.85 bits per heavy atom. The molecule has 1 fully saturated rings. The molecule has 0 saturated carbocycles. The Morgan fingerprint density at radius 2 is 2.05 bits per heavy atom. The molecule has 0 spiro atoms. The number of hydrogen-bond donors (Lipinski definition) is 1. The molecule has 1 aromatic carbocycles. The monoisotopic (exact) mass is 271 g/mol. The topological polar surface area (TPSA) is 54.5 Å². The zero-order valence-corrected chi connectivity index (χ0v) is 11.4. The Morgan fingerprint density at radius 1 is 1.30 bits per heavy atom. The number of fused-ring (bicyclic) bond motifs is 1. The number of aromatic nitrogens is 1. The molecule has 0 aliphatic carbocycles. The van der Waals surface area contributed by atoms with E-state index in [1.54, 1.807) is 4.90 Å². The summed E-state index contributed by atoms with van der Waals surface area (Å²) in [5, 5.41) is 3.94. The number of carbonyl (C=O) groups is 1. The molecule has 2 heterocycles. The number of morpholine rings is 1. The normalized spacial score (nSPS) is 15.3. The van der Waals surface area contributed by atoms with E-state index in [1.807, 2.05) is 37.3 Å². The Hall–Kier alpha value is -2.14. The van der Waals surface area contributed by atoms with Crippen molar-refractivity contribution in [1.82, 2.24) is 9.88 Å². The van der Waals surface area contributed by atoms with Crippen LogP contribution >= 0.6 is 0 Å². The maximum Gasteiger partial charge on any atom is 0.322 e. The van der Waals surface area contributed by atoms with Gasteiger partial charge in [-0.3, -0.25) is 4.98 Å². The fourth-order valence-electron chi connectivity index (χ4n) is 2.37. The number of ether oxygens (including phenoxy) is 1. The molecule has 5 heteroatoms. The van der Waals surface area contributed by atoms with E-state index in [-0.39, 0.29) is 6.03 Å². The van der Waals surface area contributed by atoms with Crippen molar-refractivity contribution in [3.05, 3.63) is 36.0 Å². The summed E-state index contributed by atoms with van der Waals surface area (Å²) >= 11 is 0. The van der Waals surface area contributed by atoms with E-state index >= 15 is 0 Å². The average Bonchev–Trinajstić information content (AvgIpc) is 2.48. The van der Waals surface area contributed by atoms with E-state index in [2.05, 4.69) is 10.3 Å². The van der Waals surface area contributed by atoms with Gasteiger partial charge in [0.2, 0.25) is 0 Å². The molecule has 1 aliphatic heterocycles. The van der Waals surface area contributed by atoms with Gasteiger partial charge in [0.1, 0.15) is 0 Å². The van der Waals surface area contributed by atoms with E-state index in [9.17, 15) is 4.79 Å². The highest BCUT2D eigenvalue weighted by Gasteiger charge is 2.17. The molecule has 1 aliphatic rings. The number of para-hydroxylation sites is 1. The van der Waals surface area contributed by atoms with Gasteiger partial charge in [-0.1, -0.05) is 18.2 Å². The third-order valence-electron chi connectivity index (χ3n) is 3.38. The summed E-state index contributed by atoms with van der Waals surface area (Å²) in [6.07, 6.45) is 0. The highest BCUT2D eigenvalue weighted by atomic mass is 16.5. The second kappa shape index (κ2) is 5.46. The van der Waals surface area contributed by atoms with Crippen molar-refractivity contribution in [3.63, 3.8) is 0 Å². The van der Waals surface area contributed by atoms with Crippen molar-refractivity contribution in [2.45, 2.75) is 6.92 Å². The SMILES string of the molecule is Cc1cc(NC(=O)N2CCOCC2)c2ccccc2n1. The molecule has 0 bridgehead atoms. The van der Waals surface area contributed by atoms with Crippen LogP contribution in [0, 0.1) is 6.92 Å². The van der Waals surface area contributed by atoms with Crippen molar-refractivity contribution in [2.75, 3.05) is 31.6 Å². The van der Waals surface area contributed by atoms with Gasteiger partial charge in [-0.15, -0.1) is 0 Å². The number of aryl methyl sites for hydroxylation is 1. The van der Waals surface area contributed by atoms with Gasteiger partial charge >= 0.3 is 6.03 Å². The fourth-order valence-corrected chi connectivity index (χ4v) is 2.37. The van der Waals surface area contributed by atoms with Crippen LogP contribution in [0.2, 0.25) is 0 Å². The van der Waals surface area contributed by atoms with Gasteiger partial charge in [-0.2, -0.15) is 0 Å². The number of nitrogens with one attached hydrogen (secondary N) is 1. The zero-order chi connectivity index (χ0) is 13.9. The minimum absolute atomic E-state index is 0.0796. The number of benzene rings is 1. The minimum Gasteiger partial charge on any atom is -0.378 e. The van der Waals surface area contributed by atoms with Crippen LogP contribution in [-0.4, -0.2) is 42.2 Å². The summed E-state index contributed by atoms with van der Waals surface area (Å²) in [6.45, 7) is 4.39. The first-order valence-corrected chi connectivity index (χ1v) is 6.74. The number of pyridine rings is 1. The van der Waals surface area contributed by atoms with Crippen LogP contribution < -0.4 is 5.32 Å². The van der Waals surface area contributed by atoms with E-state index in [4.69, 9.17) is 4.74 Å². The minimum atomic E-state index is -0.0796. The first-order chi connectivity index (χ1) is 9.74. The molecule has 0 unspecified atom stereocenters. The quantitative estimate of drug-likeness (QED) is 0.866. The molecule has 1 saturated heterocycles. The molecule has 20 heavy (non-hydrogen) atoms. The highest BCUT2D eigenvalue weighted by Crippen LogP contribution is 2.23. The predicted molar refractivity (Wildman–Crippen MR) is 77.9 cm³/mol. The molecular formula is C15H17N3O2. The van der Waals surface area contributed by atoms with Crippen LogP contribution in [0.4, 0.5) is 10.5 Å². The number of amides is 2. The van der Waals surface area contributed by atoms with Gasteiger partial charge in [-0.05, 0) is 19.1 Å². The van der Waals surface area contributed by atoms with Gasteiger partial charge in [0.15, 0.2) is 0 Å². The predicted octanol–water partition coefficient (Wildman–Crippen LogP) is 2.41. The summed E-state index contributed by atoms with van der Waals surface area (Å²) in [4.78, 5) is 18.5. The van der Waals surface area contributed by atoms with Crippen molar-refractivity contribution >= 4 is 22.6 Å². The molecule has 0 atom stereocenters. The van der Waals surface area contributed by atoms with Gasteiger partial charge in [-0.25, -0.2) is 4.79 Å². The Labute approximate surface area is 117 Å². The number of nitrogens with zero attached hydrogens (tertiary/aromatic N) is 2.